The smallest absolute Gasteiger partial charge is 0.257 e. The molecule has 8 heteroatoms. The van der Waals surface area contributed by atoms with Gasteiger partial charge in [0.05, 0.1) is 21.2 Å². The number of carbonyl (C=O) groups is 1. The summed E-state index contributed by atoms with van der Waals surface area (Å²) in [4.78, 5) is 12.2. The van der Waals surface area contributed by atoms with Crippen LogP contribution < -0.4 is 10.0 Å². The Hall–Kier alpha value is -1.96. The molecule has 0 aromatic heterocycles. The highest BCUT2D eigenvalue weighted by Crippen LogP contribution is 2.22. The number of hydrogen-bond acceptors (Lipinski definition) is 3. The molecule has 0 aliphatic carbocycles. The van der Waals surface area contributed by atoms with E-state index in [9.17, 15) is 17.6 Å². The number of nitrogens with one attached hydrogen (secondary N) is 2. The first-order chi connectivity index (χ1) is 11.2. The van der Waals surface area contributed by atoms with E-state index in [0.29, 0.717) is 0 Å². The van der Waals surface area contributed by atoms with Crippen molar-refractivity contribution >= 4 is 33.2 Å². The molecule has 0 radical (unpaired) electrons. The van der Waals surface area contributed by atoms with Crippen molar-refractivity contribution in [2.45, 2.75) is 24.8 Å². The Kier molecular flexibility index (Phi) is 5.58. The number of carbonyl (C=O) groups excluding carboxylic acids is 1. The summed E-state index contributed by atoms with van der Waals surface area (Å²) in [6.07, 6.45) is 0. The van der Waals surface area contributed by atoms with E-state index in [4.69, 9.17) is 11.6 Å². The van der Waals surface area contributed by atoms with Gasteiger partial charge in [-0.25, -0.2) is 17.5 Å². The zero-order chi connectivity index (χ0) is 17.9. The number of anilines is 1. The van der Waals surface area contributed by atoms with Crippen LogP contribution in [0, 0.1) is 5.82 Å². The summed E-state index contributed by atoms with van der Waals surface area (Å²) in [7, 11) is -3.78. The van der Waals surface area contributed by atoms with E-state index in [2.05, 4.69) is 10.0 Å². The predicted molar refractivity (Wildman–Crippen MR) is 91.3 cm³/mol. The highest BCUT2D eigenvalue weighted by Gasteiger charge is 2.20. The first kappa shape index (κ1) is 18.4. The highest BCUT2D eigenvalue weighted by molar-refractivity contribution is 7.89. The van der Waals surface area contributed by atoms with Crippen molar-refractivity contribution in [3.63, 3.8) is 0 Å². The van der Waals surface area contributed by atoms with E-state index in [1.807, 2.05) is 0 Å². The van der Waals surface area contributed by atoms with Gasteiger partial charge in [0.15, 0.2) is 0 Å². The van der Waals surface area contributed by atoms with Crippen LogP contribution in [0.4, 0.5) is 10.1 Å². The minimum atomic E-state index is -3.78. The largest absolute Gasteiger partial charge is 0.319 e. The van der Waals surface area contributed by atoms with Crippen molar-refractivity contribution in [3.05, 3.63) is 58.9 Å². The average Bonchev–Trinajstić information content (AvgIpc) is 2.48. The number of amides is 1. The van der Waals surface area contributed by atoms with Crippen LogP contribution in [0.1, 0.15) is 24.2 Å². The first-order valence-electron chi connectivity index (χ1n) is 7.08. The van der Waals surface area contributed by atoms with Gasteiger partial charge in [-0.15, -0.1) is 0 Å². The number of benzene rings is 2. The lowest BCUT2D eigenvalue weighted by Gasteiger charge is -2.12. The van der Waals surface area contributed by atoms with Crippen molar-refractivity contribution in [2.75, 3.05) is 5.32 Å². The van der Waals surface area contributed by atoms with Crippen LogP contribution in [0.25, 0.3) is 0 Å². The molecule has 24 heavy (non-hydrogen) atoms. The second-order valence-corrected chi connectivity index (χ2v) is 7.47. The third-order valence-electron chi connectivity index (χ3n) is 3.01. The fraction of sp³-hybridized carbons (Fsp3) is 0.188. The van der Waals surface area contributed by atoms with Crippen molar-refractivity contribution in [3.8, 4) is 0 Å². The Labute approximate surface area is 144 Å². The molecule has 2 N–H and O–H groups in total. The van der Waals surface area contributed by atoms with Gasteiger partial charge in [0.25, 0.3) is 5.91 Å². The van der Waals surface area contributed by atoms with Crippen LogP contribution >= 0.6 is 11.6 Å². The molecule has 128 valence electrons. The minimum absolute atomic E-state index is 0.0212. The third kappa shape index (κ3) is 4.31. The Morgan fingerprint density at radius 3 is 2.46 bits per heavy atom. The fourth-order valence-electron chi connectivity index (χ4n) is 1.98. The average molecular weight is 371 g/mol. The molecule has 0 spiro atoms. The number of rotatable bonds is 5. The van der Waals surface area contributed by atoms with E-state index < -0.39 is 21.7 Å². The van der Waals surface area contributed by atoms with Gasteiger partial charge in [0.1, 0.15) is 5.82 Å². The molecular weight excluding hydrogens is 355 g/mol. The van der Waals surface area contributed by atoms with E-state index in [-0.39, 0.29) is 27.2 Å². The predicted octanol–water partition coefficient (Wildman–Crippen LogP) is 3.42. The second-order valence-electron chi connectivity index (χ2n) is 5.35. The summed E-state index contributed by atoms with van der Waals surface area (Å²) >= 11 is 5.98. The standard InChI is InChI=1S/C16H16ClFN2O3S/c1-10(2)20-24(22,23)11-7-8-13(17)12(9-11)16(21)19-15-6-4-3-5-14(15)18/h3-10,20H,1-2H3,(H,19,21). The zero-order valence-electron chi connectivity index (χ0n) is 13.0. The molecule has 1 amide bonds. The Morgan fingerprint density at radius 1 is 1.17 bits per heavy atom. The quantitative estimate of drug-likeness (QED) is 0.846. The molecule has 0 bridgehead atoms. The summed E-state index contributed by atoms with van der Waals surface area (Å²) < 4.78 is 40.4. The molecule has 0 aliphatic heterocycles. The van der Waals surface area contributed by atoms with Gasteiger partial charge in [-0.2, -0.15) is 0 Å². The van der Waals surface area contributed by atoms with Gasteiger partial charge >= 0.3 is 0 Å². The fourth-order valence-corrected chi connectivity index (χ4v) is 3.46. The van der Waals surface area contributed by atoms with E-state index in [0.717, 1.165) is 6.07 Å². The highest BCUT2D eigenvalue weighted by atomic mass is 35.5. The van der Waals surface area contributed by atoms with Crippen molar-refractivity contribution in [2.24, 2.45) is 0 Å². The minimum Gasteiger partial charge on any atom is -0.319 e. The Bertz CT molecular complexity index is 869. The SMILES string of the molecule is CC(C)NS(=O)(=O)c1ccc(Cl)c(C(=O)Nc2ccccc2F)c1. The van der Waals surface area contributed by atoms with E-state index in [1.54, 1.807) is 19.9 Å². The summed E-state index contributed by atoms with van der Waals surface area (Å²) in [5, 5.41) is 2.44. The van der Waals surface area contributed by atoms with Crippen LogP contribution in [0.15, 0.2) is 47.4 Å². The van der Waals surface area contributed by atoms with Gasteiger partial charge in [0, 0.05) is 6.04 Å². The lowest BCUT2D eigenvalue weighted by Crippen LogP contribution is -2.30. The summed E-state index contributed by atoms with van der Waals surface area (Å²) in [5.41, 5.74) is -0.0846. The molecule has 2 aromatic rings. The molecular formula is C16H16ClFN2O3S. The summed E-state index contributed by atoms with van der Waals surface area (Å²) in [5.74, 6) is -1.31. The molecule has 0 saturated heterocycles. The van der Waals surface area contributed by atoms with Crippen molar-refractivity contribution in [1.29, 1.82) is 0 Å². The maximum absolute atomic E-state index is 13.6. The number of sulfonamides is 1. The van der Waals surface area contributed by atoms with E-state index >= 15 is 0 Å². The maximum Gasteiger partial charge on any atom is 0.257 e. The molecule has 5 nitrogen and oxygen atoms in total. The molecule has 0 unspecified atom stereocenters. The molecule has 0 heterocycles. The normalized spacial score (nSPS) is 11.5. The monoisotopic (exact) mass is 370 g/mol. The van der Waals surface area contributed by atoms with Gasteiger partial charge < -0.3 is 5.32 Å². The van der Waals surface area contributed by atoms with Crippen molar-refractivity contribution < 1.29 is 17.6 Å². The molecule has 0 aliphatic rings. The molecule has 0 saturated carbocycles. The number of hydrogen-bond donors (Lipinski definition) is 2. The lowest BCUT2D eigenvalue weighted by atomic mass is 10.2. The van der Waals surface area contributed by atoms with Gasteiger partial charge in [-0.3, -0.25) is 4.79 Å². The molecule has 2 aromatic carbocycles. The lowest BCUT2D eigenvalue weighted by molar-refractivity contribution is 0.102. The molecule has 2 rings (SSSR count). The Morgan fingerprint density at radius 2 is 1.83 bits per heavy atom. The van der Waals surface area contributed by atoms with Gasteiger partial charge in [-0.05, 0) is 44.2 Å². The van der Waals surface area contributed by atoms with Crippen LogP contribution in [0.3, 0.4) is 0 Å². The van der Waals surface area contributed by atoms with Crippen LogP contribution in [0.2, 0.25) is 5.02 Å². The zero-order valence-corrected chi connectivity index (χ0v) is 14.6. The van der Waals surface area contributed by atoms with Crippen molar-refractivity contribution in [1.82, 2.24) is 4.72 Å². The topological polar surface area (TPSA) is 75.3 Å². The summed E-state index contributed by atoms with van der Waals surface area (Å²) in [6, 6.07) is 9.10. The van der Waals surface area contributed by atoms with E-state index in [1.165, 1.54) is 30.3 Å². The maximum atomic E-state index is 13.6. The molecule has 0 atom stereocenters. The number of para-hydroxylation sites is 1. The van der Waals surface area contributed by atoms with Gasteiger partial charge in [0.2, 0.25) is 10.0 Å². The Balaban J connectivity index is 2.35. The number of halogens is 2. The first-order valence-corrected chi connectivity index (χ1v) is 8.94. The second kappa shape index (κ2) is 7.29. The third-order valence-corrected chi connectivity index (χ3v) is 4.99. The van der Waals surface area contributed by atoms with Crippen LogP contribution in [-0.4, -0.2) is 20.4 Å². The molecule has 0 fully saturated rings. The van der Waals surface area contributed by atoms with Gasteiger partial charge in [-0.1, -0.05) is 23.7 Å². The van der Waals surface area contributed by atoms with Crippen LogP contribution in [0.5, 0.6) is 0 Å². The summed E-state index contributed by atoms with van der Waals surface area (Å²) in [6.45, 7) is 3.36. The van der Waals surface area contributed by atoms with Crippen LogP contribution in [-0.2, 0) is 10.0 Å².